The summed E-state index contributed by atoms with van der Waals surface area (Å²) in [5, 5.41) is 2.85. The topological polar surface area (TPSA) is 68.1 Å². The minimum Gasteiger partial charge on any atom is -0.348 e. The molecule has 10 heteroatoms. The number of carbonyl (C=O) groups excluding carboxylic acids is 1. The van der Waals surface area contributed by atoms with E-state index in [2.05, 4.69) is 46.4 Å². The maximum absolute atomic E-state index is 13.0. The first-order chi connectivity index (χ1) is 18.0. The van der Waals surface area contributed by atoms with Crippen LogP contribution >= 0.6 is 0 Å². The minimum atomic E-state index is -4.47. The molecule has 0 spiro atoms. The molecule has 1 amide bonds. The molecule has 38 heavy (non-hydrogen) atoms. The number of rotatable bonds is 6. The normalized spacial score (nSPS) is 23.8. The van der Waals surface area contributed by atoms with Crippen molar-refractivity contribution in [3.8, 4) is 0 Å². The maximum Gasteiger partial charge on any atom is 0.417 e. The molecular formula is C28H33F3N4O3. The summed E-state index contributed by atoms with van der Waals surface area (Å²) in [7, 11) is 0. The van der Waals surface area contributed by atoms with E-state index in [0.29, 0.717) is 0 Å². The van der Waals surface area contributed by atoms with Gasteiger partial charge in [0.25, 0.3) is 5.91 Å². The van der Waals surface area contributed by atoms with Gasteiger partial charge >= 0.3 is 6.18 Å². The second-order valence-corrected chi connectivity index (χ2v) is 10.7. The molecule has 3 atom stereocenters. The molecule has 1 aromatic carbocycles. The van der Waals surface area contributed by atoms with Gasteiger partial charge in [0.2, 0.25) is 0 Å². The Morgan fingerprint density at radius 2 is 1.84 bits per heavy atom. The number of pyridine rings is 1. The van der Waals surface area contributed by atoms with Crippen LogP contribution in [0.5, 0.6) is 0 Å². The fourth-order valence-electron chi connectivity index (χ4n) is 5.37. The zero-order chi connectivity index (χ0) is 27.1. The van der Waals surface area contributed by atoms with Crippen molar-refractivity contribution in [2.45, 2.75) is 64.3 Å². The van der Waals surface area contributed by atoms with Gasteiger partial charge in [0.15, 0.2) is 5.79 Å². The minimum absolute atomic E-state index is 0.0239. The zero-order valence-electron chi connectivity index (χ0n) is 21.8. The number of ether oxygens (including phenoxy) is 2. The molecule has 4 heterocycles. The van der Waals surface area contributed by atoms with E-state index in [9.17, 15) is 18.0 Å². The average Bonchev–Trinajstić information content (AvgIpc) is 3.31. The fourth-order valence-corrected chi connectivity index (χ4v) is 5.37. The Morgan fingerprint density at radius 1 is 1.11 bits per heavy atom. The number of hydrogen-bond acceptors (Lipinski definition) is 5. The summed E-state index contributed by atoms with van der Waals surface area (Å²) in [6.07, 6.45) is -0.693. The largest absolute Gasteiger partial charge is 0.417 e. The van der Waals surface area contributed by atoms with Gasteiger partial charge in [-0.2, -0.15) is 13.2 Å². The zero-order valence-corrected chi connectivity index (χ0v) is 21.8. The van der Waals surface area contributed by atoms with Gasteiger partial charge in [-0.3, -0.25) is 9.69 Å². The lowest BCUT2D eigenvalue weighted by Gasteiger charge is -2.45. The lowest BCUT2D eigenvalue weighted by atomic mass is 9.92. The summed E-state index contributed by atoms with van der Waals surface area (Å²) in [6, 6.07) is 10.8. The summed E-state index contributed by atoms with van der Waals surface area (Å²) in [4.78, 5) is 19.4. The number of alkyl halides is 3. The van der Waals surface area contributed by atoms with E-state index >= 15 is 0 Å². The van der Waals surface area contributed by atoms with Crippen LogP contribution in [-0.2, 0) is 28.6 Å². The van der Waals surface area contributed by atoms with Crippen LogP contribution < -0.4 is 5.32 Å². The highest BCUT2D eigenvalue weighted by atomic mass is 19.4. The molecule has 2 aliphatic rings. The van der Waals surface area contributed by atoms with Crippen LogP contribution in [-0.4, -0.2) is 57.8 Å². The Morgan fingerprint density at radius 3 is 2.61 bits per heavy atom. The Labute approximate surface area is 219 Å². The summed E-state index contributed by atoms with van der Waals surface area (Å²) >= 11 is 0. The molecule has 0 bridgehead atoms. The lowest BCUT2D eigenvalue weighted by Crippen LogP contribution is -2.54. The molecule has 204 valence electrons. The molecule has 3 aromatic rings. The van der Waals surface area contributed by atoms with Crippen molar-refractivity contribution >= 4 is 11.6 Å². The molecule has 2 aliphatic heterocycles. The first-order valence-electron chi connectivity index (χ1n) is 13.0. The van der Waals surface area contributed by atoms with Crippen LogP contribution in [0.15, 0.2) is 48.8 Å². The van der Waals surface area contributed by atoms with Crippen molar-refractivity contribution in [3.05, 3.63) is 71.2 Å². The van der Waals surface area contributed by atoms with Crippen LogP contribution in [0.2, 0.25) is 0 Å². The van der Waals surface area contributed by atoms with Crippen molar-refractivity contribution < 1.29 is 27.4 Å². The number of benzene rings is 1. The third kappa shape index (κ3) is 5.87. The number of amides is 1. The van der Waals surface area contributed by atoms with Gasteiger partial charge in [-0.05, 0) is 49.9 Å². The molecule has 2 aromatic heterocycles. The Hall–Kier alpha value is -2.95. The van der Waals surface area contributed by atoms with Crippen LogP contribution in [0.25, 0.3) is 5.65 Å². The van der Waals surface area contributed by atoms with Gasteiger partial charge in [-0.15, -0.1) is 0 Å². The molecule has 0 saturated carbocycles. The predicted molar refractivity (Wildman–Crippen MR) is 136 cm³/mol. The van der Waals surface area contributed by atoms with Crippen LogP contribution in [0, 0.1) is 5.92 Å². The summed E-state index contributed by atoms with van der Waals surface area (Å²) in [5.74, 6) is -1.25. The molecule has 1 fully saturated rings. The van der Waals surface area contributed by atoms with Gasteiger partial charge in [-0.1, -0.05) is 31.2 Å². The molecule has 0 radical (unpaired) electrons. The highest BCUT2D eigenvalue weighted by Gasteiger charge is 2.41. The Kier molecular flexibility index (Phi) is 7.23. The van der Waals surface area contributed by atoms with Crippen molar-refractivity contribution in [3.63, 3.8) is 0 Å². The number of nitrogens with one attached hydrogen (secondary N) is 1. The summed E-state index contributed by atoms with van der Waals surface area (Å²) in [5.41, 5.74) is 2.30. The smallest absolute Gasteiger partial charge is 0.348 e. The van der Waals surface area contributed by atoms with Crippen molar-refractivity contribution in [1.29, 1.82) is 0 Å². The van der Waals surface area contributed by atoms with Gasteiger partial charge in [0, 0.05) is 44.5 Å². The number of carbonyl (C=O) groups is 1. The highest BCUT2D eigenvalue weighted by Crippen LogP contribution is 2.33. The van der Waals surface area contributed by atoms with Crippen molar-refractivity contribution in [2.24, 2.45) is 5.92 Å². The second-order valence-electron chi connectivity index (χ2n) is 10.7. The van der Waals surface area contributed by atoms with E-state index in [0.717, 1.165) is 44.7 Å². The van der Waals surface area contributed by atoms with Crippen LogP contribution in [0.1, 0.15) is 54.4 Å². The summed E-state index contributed by atoms with van der Waals surface area (Å²) in [6.45, 7) is 8.89. The van der Waals surface area contributed by atoms with Gasteiger partial charge in [0.1, 0.15) is 11.3 Å². The second kappa shape index (κ2) is 10.3. The van der Waals surface area contributed by atoms with Crippen LogP contribution in [0.4, 0.5) is 13.2 Å². The number of aromatic nitrogens is 2. The van der Waals surface area contributed by atoms with E-state index in [4.69, 9.17) is 9.47 Å². The fraction of sp³-hybridized carbons (Fsp3) is 0.500. The SMILES string of the molecule is CC1[C@@H](CCN2CCc3ccccc3C2)OC(C)(C)O[C@@H]1CNC(=O)c1cn2cc(C(F)(F)F)ccc2n1. The maximum atomic E-state index is 13.0. The van der Waals surface area contributed by atoms with Crippen molar-refractivity contribution in [2.75, 3.05) is 19.6 Å². The van der Waals surface area contributed by atoms with E-state index in [-0.39, 0.29) is 36.0 Å². The van der Waals surface area contributed by atoms with E-state index in [1.165, 1.54) is 27.8 Å². The molecule has 5 rings (SSSR count). The van der Waals surface area contributed by atoms with E-state index in [1.54, 1.807) is 0 Å². The molecule has 7 nitrogen and oxygen atoms in total. The quantitative estimate of drug-likeness (QED) is 0.501. The number of fused-ring (bicyclic) bond motifs is 2. The van der Waals surface area contributed by atoms with Gasteiger partial charge in [0.05, 0.1) is 17.8 Å². The Bertz CT molecular complexity index is 1310. The summed E-state index contributed by atoms with van der Waals surface area (Å²) < 4.78 is 52.7. The number of hydrogen-bond donors (Lipinski definition) is 1. The van der Waals surface area contributed by atoms with Crippen LogP contribution in [0.3, 0.4) is 0 Å². The number of halogens is 3. The standard InChI is InChI=1S/C28H33F3N4O3/c1-18-23(11-13-34-12-10-19-6-4-5-7-20(19)15-34)37-27(2,3)38-24(18)14-32-26(36)22-17-35-16-21(28(29,30)31)8-9-25(35)33-22/h4-9,16-18,23-24H,10-15H2,1-3H3,(H,32,36)/t18?,23-,24-/m1/s1. The molecular weight excluding hydrogens is 497 g/mol. The first kappa shape index (κ1) is 26.6. The van der Waals surface area contributed by atoms with Gasteiger partial charge in [-0.25, -0.2) is 4.98 Å². The van der Waals surface area contributed by atoms with E-state index in [1.807, 2.05) is 13.8 Å². The van der Waals surface area contributed by atoms with E-state index < -0.39 is 23.4 Å². The van der Waals surface area contributed by atoms with Crippen molar-refractivity contribution in [1.82, 2.24) is 19.6 Å². The molecule has 1 saturated heterocycles. The first-order valence-corrected chi connectivity index (χ1v) is 13.0. The predicted octanol–water partition coefficient (Wildman–Crippen LogP) is 4.69. The monoisotopic (exact) mass is 530 g/mol. The molecule has 1 unspecified atom stereocenters. The average molecular weight is 531 g/mol. The third-order valence-electron chi connectivity index (χ3n) is 7.46. The van der Waals surface area contributed by atoms with Gasteiger partial charge < -0.3 is 19.2 Å². The Balaban J connectivity index is 1.19. The lowest BCUT2D eigenvalue weighted by molar-refractivity contribution is -0.318. The molecule has 1 N–H and O–H groups in total. The number of imidazole rings is 1. The number of nitrogens with zero attached hydrogens (tertiary/aromatic N) is 3. The third-order valence-corrected chi connectivity index (χ3v) is 7.46. The molecule has 0 aliphatic carbocycles. The highest BCUT2D eigenvalue weighted by molar-refractivity contribution is 5.92.